The van der Waals surface area contributed by atoms with E-state index in [0.717, 1.165) is 32.1 Å². The monoisotopic (exact) mass is 373 g/mol. The predicted molar refractivity (Wildman–Crippen MR) is 105 cm³/mol. The van der Waals surface area contributed by atoms with Gasteiger partial charge in [0.2, 0.25) is 0 Å². The van der Waals surface area contributed by atoms with Crippen LogP contribution in [-0.4, -0.2) is 36.1 Å². The molecule has 0 amide bonds. The number of unbranched alkanes of at least 4 members (excludes halogenated alkanes) is 3. The van der Waals surface area contributed by atoms with Crippen LogP contribution < -0.4 is 0 Å². The molecule has 3 rings (SSSR count). The molecule has 2 aliphatic heterocycles. The van der Waals surface area contributed by atoms with Crippen LogP contribution in [0, 0.1) is 11.8 Å². The number of nitrogens with zero attached hydrogens (tertiary/aromatic N) is 1. The molecular formula is C22H31NO4. The third kappa shape index (κ3) is 5.32. The Hall–Kier alpha value is -1.88. The smallest absolute Gasteiger partial charge is 0.335 e. The van der Waals surface area contributed by atoms with Crippen molar-refractivity contribution in [3.8, 4) is 0 Å². The molecule has 2 heterocycles. The standard InChI is InChI=1S/C22H31NO4/c1-2-3-4-5-14-26-23-15-19-18(20-12-13-21(19)27-20)11-8-16-6-9-17(10-7-16)22(24)25/h6-7,9-10,15,18-21H,2-5,8,11-14H2,1H3,(H,24,25). The van der Waals surface area contributed by atoms with Crippen LogP contribution >= 0.6 is 0 Å². The van der Waals surface area contributed by atoms with E-state index >= 15 is 0 Å². The molecule has 1 aromatic carbocycles. The van der Waals surface area contributed by atoms with Crippen molar-refractivity contribution in [3.05, 3.63) is 35.4 Å². The Balaban J connectivity index is 1.48. The van der Waals surface area contributed by atoms with Crippen molar-refractivity contribution in [1.29, 1.82) is 0 Å². The molecule has 1 aromatic rings. The summed E-state index contributed by atoms with van der Waals surface area (Å²) in [5.41, 5.74) is 1.51. The lowest BCUT2D eigenvalue weighted by molar-refractivity contribution is 0.0697. The van der Waals surface area contributed by atoms with Crippen LogP contribution in [0.2, 0.25) is 0 Å². The highest BCUT2D eigenvalue weighted by Crippen LogP contribution is 2.44. The SMILES string of the molecule is CCCCCCON=CC1C2CCC(O2)C1CCc1ccc(C(=O)O)cc1. The lowest BCUT2D eigenvalue weighted by atomic mass is 9.77. The highest BCUT2D eigenvalue weighted by Gasteiger charge is 2.47. The van der Waals surface area contributed by atoms with E-state index in [0.29, 0.717) is 30.1 Å². The molecule has 148 valence electrons. The molecule has 4 unspecified atom stereocenters. The average Bonchev–Trinajstić information content (AvgIpc) is 3.28. The third-order valence-electron chi connectivity index (χ3n) is 5.85. The van der Waals surface area contributed by atoms with E-state index in [1.165, 1.54) is 24.8 Å². The van der Waals surface area contributed by atoms with Crippen LogP contribution in [-0.2, 0) is 16.0 Å². The van der Waals surface area contributed by atoms with Gasteiger partial charge >= 0.3 is 5.97 Å². The van der Waals surface area contributed by atoms with Crippen molar-refractivity contribution in [1.82, 2.24) is 0 Å². The Bertz CT molecular complexity index is 628. The fourth-order valence-electron chi connectivity index (χ4n) is 4.30. The van der Waals surface area contributed by atoms with Gasteiger partial charge in [-0.05, 0) is 62.1 Å². The Morgan fingerprint density at radius 2 is 2.00 bits per heavy atom. The van der Waals surface area contributed by atoms with E-state index in [1.807, 2.05) is 18.3 Å². The molecule has 0 saturated carbocycles. The number of oxime groups is 1. The molecule has 0 radical (unpaired) electrons. The van der Waals surface area contributed by atoms with Gasteiger partial charge in [-0.2, -0.15) is 0 Å². The van der Waals surface area contributed by atoms with Gasteiger partial charge in [0.15, 0.2) is 0 Å². The minimum absolute atomic E-state index is 0.279. The first kappa shape index (κ1) is 19.9. The van der Waals surface area contributed by atoms with E-state index in [4.69, 9.17) is 14.7 Å². The number of fused-ring (bicyclic) bond motifs is 2. The van der Waals surface area contributed by atoms with Gasteiger partial charge in [0, 0.05) is 12.1 Å². The van der Waals surface area contributed by atoms with Gasteiger partial charge in [-0.3, -0.25) is 0 Å². The summed E-state index contributed by atoms with van der Waals surface area (Å²) in [4.78, 5) is 16.4. The fourth-order valence-corrected chi connectivity index (χ4v) is 4.30. The number of carboxylic acid groups (broad SMARTS) is 1. The van der Waals surface area contributed by atoms with Gasteiger partial charge in [0.05, 0.1) is 17.8 Å². The molecule has 0 aromatic heterocycles. The van der Waals surface area contributed by atoms with Crippen LogP contribution in [0.5, 0.6) is 0 Å². The molecule has 2 aliphatic rings. The van der Waals surface area contributed by atoms with Crippen LogP contribution in [0.3, 0.4) is 0 Å². The molecule has 27 heavy (non-hydrogen) atoms. The summed E-state index contributed by atoms with van der Waals surface area (Å²) in [6.07, 6.45) is 11.5. The summed E-state index contributed by atoms with van der Waals surface area (Å²) in [5.74, 6) is -0.0814. The highest BCUT2D eigenvalue weighted by atomic mass is 16.6. The van der Waals surface area contributed by atoms with Crippen LogP contribution in [0.1, 0.15) is 67.8 Å². The van der Waals surface area contributed by atoms with Crippen LogP contribution in [0.25, 0.3) is 0 Å². The van der Waals surface area contributed by atoms with Gasteiger partial charge in [0.25, 0.3) is 0 Å². The topological polar surface area (TPSA) is 68.1 Å². The van der Waals surface area contributed by atoms with E-state index in [9.17, 15) is 4.79 Å². The zero-order chi connectivity index (χ0) is 19.1. The number of aryl methyl sites for hydroxylation is 1. The minimum atomic E-state index is -0.881. The van der Waals surface area contributed by atoms with Crippen LogP contribution in [0.15, 0.2) is 29.4 Å². The summed E-state index contributed by atoms with van der Waals surface area (Å²) in [6.45, 7) is 2.90. The summed E-state index contributed by atoms with van der Waals surface area (Å²) in [5, 5.41) is 13.2. The summed E-state index contributed by atoms with van der Waals surface area (Å²) in [6, 6.07) is 7.20. The zero-order valence-corrected chi connectivity index (χ0v) is 16.2. The number of hydrogen-bond donors (Lipinski definition) is 1. The van der Waals surface area contributed by atoms with Crippen molar-refractivity contribution in [2.45, 2.75) is 70.5 Å². The molecule has 2 saturated heterocycles. The molecule has 1 N–H and O–H groups in total. The Morgan fingerprint density at radius 1 is 1.22 bits per heavy atom. The fraction of sp³-hybridized carbons (Fsp3) is 0.636. The van der Waals surface area contributed by atoms with Crippen LogP contribution in [0.4, 0.5) is 0 Å². The zero-order valence-electron chi connectivity index (χ0n) is 16.2. The molecule has 4 atom stereocenters. The largest absolute Gasteiger partial charge is 0.478 e. The molecule has 2 bridgehead atoms. The van der Waals surface area contributed by atoms with E-state index in [1.54, 1.807) is 12.1 Å². The van der Waals surface area contributed by atoms with Gasteiger partial charge < -0.3 is 14.7 Å². The number of carbonyl (C=O) groups is 1. The van der Waals surface area contributed by atoms with Crippen molar-refractivity contribution in [2.75, 3.05) is 6.61 Å². The van der Waals surface area contributed by atoms with Crippen molar-refractivity contribution in [3.63, 3.8) is 0 Å². The number of aromatic carboxylic acids is 1. The first-order valence-corrected chi connectivity index (χ1v) is 10.3. The Kier molecular flexibility index (Phi) is 7.27. The summed E-state index contributed by atoms with van der Waals surface area (Å²) in [7, 11) is 0. The molecule has 0 spiro atoms. The van der Waals surface area contributed by atoms with E-state index in [2.05, 4.69) is 12.1 Å². The number of rotatable bonds is 11. The van der Waals surface area contributed by atoms with E-state index < -0.39 is 5.97 Å². The van der Waals surface area contributed by atoms with Gasteiger partial charge in [-0.15, -0.1) is 0 Å². The lowest BCUT2D eigenvalue weighted by Gasteiger charge is -2.24. The number of benzene rings is 1. The van der Waals surface area contributed by atoms with Crippen molar-refractivity contribution < 1.29 is 19.5 Å². The molecule has 5 nitrogen and oxygen atoms in total. The van der Waals surface area contributed by atoms with Crippen molar-refractivity contribution >= 4 is 12.2 Å². The summed E-state index contributed by atoms with van der Waals surface area (Å²) >= 11 is 0. The van der Waals surface area contributed by atoms with Gasteiger partial charge in [-0.25, -0.2) is 4.79 Å². The third-order valence-corrected chi connectivity index (χ3v) is 5.85. The Labute approximate surface area is 161 Å². The van der Waals surface area contributed by atoms with Crippen molar-refractivity contribution in [2.24, 2.45) is 17.0 Å². The predicted octanol–water partition coefficient (Wildman–Crippen LogP) is 4.69. The minimum Gasteiger partial charge on any atom is -0.478 e. The number of hydrogen-bond acceptors (Lipinski definition) is 4. The second-order valence-electron chi connectivity index (χ2n) is 7.72. The Morgan fingerprint density at radius 3 is 2.74 bits per heavy atom. The number of carboxylic acids is 1. The number of ether oxygens (including phenoxy) is 1. The normalized spacial score (nSPS) is 26.7. The van der Waals surface area contributed by atoms with Gasteiger partial charge in [-0.1, -0.05) is 37.1 Å². The molecule has 2 fully saturated rings. The van der Waals surface area contributed by atoms with E-state index in [-0.39, 0.29) is 6.10 Å². The first-order chi connectivity index (χ1) is 13.2. The maximum absolute atomic E-state index is 11.0. The first-order valence-electron chi connectivity index (χ1n) is 10.3. The maximum atomic E-state index is 11.0. The maximum Gasteiger partial charge on any atom is 0.335 e. The average molecular weight is 373 g/mol. The second-order valence-corrected chi connectivity index (χ2v) is 7.72. The molecular weight excluding hydrogens is 342 g/mol. The molecule has 5 heteroatoms. The second kappa shape index (κ2) is 9.88. The lowest BCUT2D eigenvalue weighted by Crippen LogP contribution is -2.28. The van der Waals surface area contributed by atoms with Gasteiger partial charge in [0.1, 0.15) is 6.61 Å². The highest BCUT2D eigenvalue weighted by molar-refractivity contribution is 5.87. The summed E-state index contributed by atoms with van der Waals surface area (Å²) < 4.78 is 6.12. The quantitative estimate of drug-likeness (QED) is 0.347. The molecule has 0 aliphatic carbocycles.